The minimum Gasteiger partial charge on any atom is -0.321 e. The number of nitrogens with two attached hydrogens (primary N) is 1. The minimum atomic E-state index is -0.430. The maximum atomic E-state index is 7.28. The number of benzene rings is 11. The molecule has 2 N–H and O–H groups in total. The van der Waals surface area contributed by atoms with Gasteiger partial charge in [0.25, 0.3) is 0 Å². The molecule has 11 rings (SSSR count). The Kier molecular flexibility index (Phi) is 8.84. The molecule has 2 heteroatoms. The average molecular weight is 765 g/mol. The second-order valence-corrected chi connectivity index (χ2v) is 15.6. The lowest BCUT2D eigenvalue weighted by Crippen LogP contribution is -2.09. The van der Waals surface area contributed by atoms with Gasteiger partial charge >= 0.3 is 0 Å². The first-order chi connectivity index (χ1) is 29.7. The molecule has 0 radical (unpaired) electrons. The standard InChI is InChI=1S/C58H40N2/c59-55(50-25-13-12-20-45(50)39-14-2-1-3-15-39)36-56(58-49-24-11-7-19-44(49)35-54-47-22-9-5-17-41(47)31-33-52(54)58)60-37-38-26-28-42(29-27-38)57-48-23-10-6-18-43(48)34-53-46-21-8-4-16-40(46)30-32-51(53)57/h1-37,55H,59H2/b56-36-,60-37+. The molecular formula is C58H40N2. The highest BCUT2D eigenvalue weighted by Gasteiger charge is 2.18. The highest BCUT2D eigenvalue weighted by molar-refractivity contribution is 6.20. The fraction of sp³-hybridized carbons (Fsp3) is 0.0172. The van der Waals surface area contributed by atoms with Gasteiger partial charge in [0, 0.05) is 11.8 Å². The third kappa shape index (κ3) is 6.23. The van der Waals surface area contributed by atoms with Gasteiger partial charge in [0.05, 0.1) is 11.7 Å². The van der Waals surface area contributed by atoms with Gasteiger partial charge in [-0.25, -0.2) is 0 Å². The van der Waals surface area contributed by atoms with E-state index in [9.17, 15) is 0 Å². The number of hydrogen-bond acceptors (Lipinski definition) is 2. The molecule has 60 heavy (non-hydrogen) atoms. The molecule has 0 heterocycles. The van der Waals surface area contributed by atoms with Crippen LogP contribution in [0.5, 0.6) is 0 Å². The molecule has 0 fully saturated rings. The number of hydrogen-bond donors (Lipinski definition) is 1. The van der Waals surface area contributed by atoms with Crippen LogP contribution in [0.25, 0.3) is 92.6 Å². The Balaban J connectivity index is 1.08. The zero-order valence-corrected chi connectivity index (χ0v) is 33.0. The Morgan fingerprint density at radius 1 is 0.400 bits per heavy atom. The molecule has 0 aliphatic rings. The van der Waals surface area contributed by atoms with E-state index in [0.29, 0.717) is 0 Å². The molecule has 11 aromatic carbocycles. The first-order valence-electron chi connectivity index (χ1n) is 20.6. The quantitative estimate of drug-likeness (QED) is 0.0980. The van der Waals surface area contributed by atoms with Gasteiger partial charge in [0.15, 0.2) is 0 Å². The Bertz CT molecular complexity index is 3490. The number of rotatable bonds is 7. The molecule has 0 bridgehead atoms. The van der Waals surface area contributed by atoms with Crippen molar-refractivity contribution in [3.8, 4) is 22.3 Å². The van der Waals surface area contributed by atoms with E-state index in [-0.39, 0.29) is 0 Å². The van der Waals surface area contributed by atoms with Gasteiger partial charge in [0.1, 0.15) is 0 Å². The van der Waals surface area contributed by atoms with Crippen LogP contribution in [0.3, 0.4) is 0 Å². The van der Waals surface area contributed by atoms with E-state index in [2.05, 4.69) is 212 Å². The summed E-state index contributed by atoms with van der Waals surface area (Å²) in [7, 11) is 0. The van der Waals surface area contributed by atoms with Crippen LogP contribution in [0.15, 0.2) is 223 Å². The van der Waals surface area contributed by atoms with Crippen LogP contribution >= 0.6 is 0 Å². The highest BCUT2D eigenvalue weighted by atomic mass is 14.7. The zero-order chi connectivity index (χ0) is 40.0. The van der Waals surface area contributed by atoms with Crippen molar-refractivity contribution in [1.29, 1.82) is 0 Å². The van der Waals surface area contributed by atoms with Crippen LogP contribution in [0, 0.1) is 0 Å². The molecule has 11 aromatic rings. The Hall–Kier alpha value is -7.65. The Labute approximate surface area is 349 Å². The molecule has 0 spiro atoms. The second kappa shape index (κ2) is 14.9. The summed E-state index contributed by atoms with van der Waals surface area (Å²) in [4.78, 5) is 5.40. The van der Waals surface area contributed by atoms with E-state index in [1.165, 1.54) is 59.6 Å². The van der Waals surface area contributed by atoms with Crippen LogP contribution in [0.2, 0.25) is 0 Å². The maximum Gasteiger partial charge on any atom is 0.0693 e. The van der Waals surface area contributed by atoms with Crippen molar-refractivity contribution in [3.05, 3.63) is 235 Å². The van der Waals surface area contributed by atoms with Crippen molar-refractivity contribution in [3.63, 3.8) is 0 Å². The summed E-state index contributed by atoms with van der Waals surface area (Å²) in [5, 5.41) is 14.6. The Morgan fingerprint density at radius 3 is 1.63 bits per heavy atom. The van der Waals surface area contributed by atoms with Crippen LogP contribution < -0.4 is 5.73 Å². The van der Waals surface area contributed by atoms with E-state index in [0.717, 1.165) is 49.7 Å². The SMILES string of the molecule is NC(/C=C(\N=C\c1ccc(-c2c3ccccc3cc3c2ccc2ccccc23)cc1)c1c2ccccc2cc2c1ccc1ccccc12)c1ccccc1-c1ccccc1. The second-order valence-electron chi connectivity index (χ2n) is 15.6. The van der Waals surface area contributed by atoms with Crippen molar-refractivity contribution >= 4 is 76.5 Å². The van der Waals surface area contributed by atoms with Gasteiger partial charge in [-0.15, -0.1) is 0 Å². The van der Waals surface area contributed by atoms with Crippen molar-refractivity contribution in [2.45, 2.75) is 6.04 Å². The first kappa shape index (κ1) is 35.5. The predicted molar refractivity (Wildman–Crippen MR) is 258 cm³/mol. The molecule has 1 unspecified atom stereocenters. The molecule has 0 saturated heterocycles. The number of aliphatic imine (C=N–C) groups is 1. The summed E-state index contributed by atoms with van der Waals surface area (Å²) in [6, 6.07) is 75.6. The summed E-state index contributed by atoms with van der Waals surface area (Å²) in [5.41, 5.74) is 15.9. The molecule has 0 saturated carbocycles. The third-order valence-corrected chi connectivity index (χ3v) is 12.1. The third-order valence-electron chi connectivity index (χ3n) is 12.1. The summed E-state index contributed by atoms with van der Waals surface area (Å²) in [6.07, 6.45) is 4.14. The fourth-order valence-corrected chi connectivity index (χ4v) is 9.23. The molecule has 2 nitrogen and oxygen atoms in total. The van der Waals surface area contributed by atoms with Crippen molar-refractivity contribution in [2.75, 3.05) is 0 Å². The van der Waals surface area contributed by atoms with E-state index in [1.807, 2.05) is 12.3 Å². The lowest BCUT2D eigenvalue weighted by molar-refractivity contribution is 0.914. The van der Waals surface area contributed by atoms with Gasteiger partial charge in [-0.3, -0.25) is 4.99 Å². The first-order valence-corrected chi connectivity index (χ1v) is 20.6. The monoisotopic (exact) mass is 764 g/mol. The lowest BCUT2D eigenvalue weighted by Gasteiger charge is -2.18. The molecular weight excluding hydrogens is 725 g/mol. The van der Waals surface area contributed by atoms with Crippen molar-refractivity contribution in [2.24, 2.45) is 10.7 Å². The smallest absolute Gasteiger partial charge is 0.0693 e. The van der Waals surface area contributed by atoms with Crippen LogP contribution in [0.4, 0.5) is 0 Å². The number of nitrogens with zero attached hydrogens (tertiary/aromatic N) is 1. The van der Waals surface area contributed by atoms with E-state index < -0.39 is 6.04 Å². The van der Waals surface area contributed by atoms with E-state index in [4.69, 9.17) is 10.7 Å². The summed E-state index contributed by atoms with van der Waals surface area (Å²) in [6.45, 7) is 0. The van der Waals surface area contributed by atoms with Crippen LogP contribution in [-0.4, -0.2) is 6.21 Å². The zero-order valence-electron chi connectivity index (χ0n) is 33.0. The molecule has 0 aromatic heterocycles. The minimum absolute atomic E-state index is 0.430. The fourth-order valence-electron chi connectivity index (χ4n) is 9.23. The summed E-state index contributed by atoms with van der Waals surface area (Å²) < 4.78 is 0. The predicted octanol–water partition coefficient (Wildman–Crippen LogP) is 15.1. The van der Waals surface area contributed by atoms with Crippen LogP contribution in [-0.2, 0) is 0 Å². The average Bonchev–Trinajstić information content (AvgIpc) is 3.31. The topological polar surface area (TPSA) is 38.4 Å². The summed E-state index contributed by atoms with van der Waals surface area (Å²) >= 11 is 0. The molecule has 0 aliphatic carbocycles. The van der Waals surface area contributed by atoms with Gasteiger partial charge < -0.3 is 5.73 Å². The van der Waals surface area contributed by atoms with Crippen molar-refractivity contribution in [1.82, 2.24) is 0 Å². The molecule has 0 amide bonds. The number of fused-ring (bicyclic) bond motifs is 8. The van der Waals surface area contributed by atoms with E-state index in [1.54, 1.807) is 0 Å². The highest BCUT2D eigenvalue weighted by Crippen LogP contribution is 2.41. The van der Waals surface area contributed by atoms with Gasteiger partial charge in [0.2, 0.25) is 0 Å². The maximum absolute atomic E-state index is 7.28. The summed E-state index contributed by atoms with van der Waals surface area (Å²) in [5.74, 6) is 0. The van der Waals surface area contributed by atoms with Crippen molar-refractivity contribution < 1.29 is 0 Å². The Morgan fingerprint density at radius 2 is 0.933 bits per heavy atom. The van der Waals surface area contributed by atoms with Gasteiger partial charge in [-0.1, -0.05) is 200 Å². The van der Waals surface area contributed by atoms with Crippen LogP contribution in [0.1, 0.15) is 22.7 Å². The van der Waals surface area contributed by atoms with E-state index >= 15 is 0 Å². The van der Waals surface area contributed by atoms with Gasteiger partial charge in [-0.2, -0.15) is 0 Å². The molecule has 1 atom stereocenters. The molecule has 0 aliphatic heterocycles. The molecule has 282 valence electrons. The normalized spacial score (nSPS) is 12.7. The lowest BCUT2D eigenvalue weighted by atomic mass is 9.89. The van der Waals surface area contributed by atoms with Gasteiger partial charge in [-0.05, 0) is 116 Å². The largest absolute Gasteiger partial charge is 0.321 e.